The van der Waals surface area contributed by atoms with Gasteiger partial charge in [-0.05, 0) is 37.1 Å². The van der Waals surface area contributed by atoms with Crippen LogP contribution in [0.3, 0.4) is 0 Å². The van der Waals surface area contributed by atoms with Gasteiger partial charge in [0.1, 0.15) is 4.88 Å². The summed E-state index contributed by atoms with van der Waals surface area (Å²) >= 11 is 3.43. The number of carbonyl (C=O) groups is 1. The minimum absolute atomic E-state index is 0.0335. The first-order valence-corrected chi connectivity index (χ1v) is 8.70. The van der Waals surface area contributed by atoms with Crippen LogP contribution in [0.1, 0.15) is 28.1 Å². The van der Waals surface area contributed by atoms with E-state index in [-0.39, 0.29) is 5.91 Å². The maximum Gasteiger partial charge on any atom is 0.263 e. The molecule has 0 aliphatic carbocycles. The van der Waals surface area contributed by atoms with Gasteiger partial charge < -0.3 is 11.1 Å². The van der Waals surface area contributed by atoms with Gasteiger partial charge in [-0.1, -0.05) is 12.1 Å². The number of hydrogen-bond donors (Lipinski definition) is 2. The number of hydrogen-bond acceptors (Lipinski definition) is 4. The van der Waals surface area contributed by atoms with Crippen molar-refractivity contribution in [2.45, 2.75) is 25.0 Å². The molecular weight excluding hydrogens is 288 g/mol. The molecule has 5 heteroatoms. The molecule has 3 N–H and O–H groups in total. The smallest absolute Gasteiger partial charge is 0.263 e. The van der Waals surface area contributed by atoms with Crippen molar-refractivity contribution in [2.75, 3.05) is 18.0 Å². The summed E-state index contributed by atoms with van der Waals surface area (Å²) in [5.74, 6) is 1.18. The average Bonchev–Trinajstić information content (AvgIpc) is 3.04. The van der Waals surface area contributed by atoms with Gasteiger partial charge in [0.25, 0.3) is 5.91 Å². The van der Waals surface area contributed by atoms with E-state index in [0.29, 0.717) is 15.8 Å². The lowest BCUT2D eigenvalue weighted by Gasteiger charge is -2.09. The highest BCUT2D eigenvalue weighted by Gasteiger charge is 2.19. The number of thioether (sulfide) groups is 1. The lowest BCUT2D eigenvalue weighted by atomic mass is 10.1. The minimum Gasteiger partial charge on any atom is -0.397 e. The van der Waals surface area contributed by atoms with E-state index in [9.17, 15) is 4.79 Å². The Labute approximate surface area is 126 Å². The second-order valence-corrected chi connectivity index (χ2v) is 7.65. The Bertz CT molecular complexity index is 645. The van der Waals surface area contributed by atoms with Crippen LogP contribution in [0.5, 0.6) is 0 Å². The number of fused-ring (bicyclic) bond motifs is 1. The molecule has 1 atom stereocenters. The SMILES string of the molecule is Cc1ccc2c(N)c(C(=O)NCC3CCCS3)sc2c1. The van der Waals surface area contributed by atoms with Crippen LogP contribution in [0.25, 0.3) is 10.1 Å². The molecule has 1 amide bonds. The maximum atomic E-state index is 12.3. The summed E-state index contributed by atoms with van der Waals surface area (Å²) in [6, 6.07) is 6.11. The van der Waals surface area contributed by atoms with E-state index in [1.807, 2.05) is 30.8 Å². The Hall–Kier alpha value is -1.20. The van der Waals surface area contributed by atoms with Crippen LogP contribution in [-0.2, 0) is 0 Å². The maximum absolute atomic E-state index is 12.3. The molecule has 106 valence electrons. The first-order valence-electron chi connectivity index (χ1n) is 6.83. The number of anilines is 1. The molecule has 1 aromatic carbocycles. The Morgan fingerprint density at radius 3 is 3.10 bits per heavy atom. The number of carbonyl (C=O) groups excluding carboxylic acids is 1. The number of rotatable bonds is 3. The lowest BCUT2D eigenvalue weighted by molar-refractivity contribution is 0.0958. The van der Waals surface area contributed by atoms with E-state index in [0.717, 1.165) is 16.6 Å². The Morgan fingerprint density at radius 1 is 1.50 bits per heavy atom. The number of nitrogen functional groups attached to an aromatic ring is 1. The van der Waals surface area contributed by atoms with Gasteiger partial charge in [0, 0.05) is 21.9 Å². The van der Waals surface area contributed by atoms with Gasteiger partial charge in [-0.25, -0.2) is 0 Å². The van der Waals surface area contributed by atoms with Crippen molar-refractivity contribution in [3.05, 3.63) is 28.6 Å². The number of benzene rings is 1. The number of nitrogens with two attached hydrogens (primary N) is 1. The van der Waals surface area contributed by atoms with E-state index in [2.05, 4.69) is 11.4 Å². The van der Waals surface area contributed by atoms with Crippen LogP contribution in [0.4, 0.5) is 5.69 Å². The van der Waals surface area contributed by atoms with Crippen LogP contribution < -0.4 is 11.1 Å². The van der Waals surface area contributed by atoms with Gasteiger partial charge in [-0.15, -0.1) is 11.3 Å². The molecule has 2 aromatic rings. The van der Waals surface area contributed by atoms with E-state index >= 15 is 0 Å². The fraction of sp³-hybridized carbons (Fsp3) is 0.400. The van der Waals surface area contributed by atoms with E-state index in [1.165, 1.54) is 35.5 Å². The normalized spacial score (nSPS) is 18.6. The van der Waals surface area contributed by atoms with Crippen molar-refractivity contribution in [3.8, 4) is 0 Å². The standard InChI is InChI=1S/C15H18N2OS2/c1-9-4-5-11-12(7-9)20-14(13(11)16)15(18)17-8-10-3-2-6-19-10/h4-5,7,10H,2-3,6,8,16H2,1H3,(H,17,18). The van der Waals surface area contributed by atoms with Gasteiger partial charge in [0.05, 0.1) is 5.69 Å². The second-order valence-electron chi connectivity index (χ2n) is 5.19. The molecule has 1 fully saturated rings. The van der Waals surface area contributed by atoms with Crippen LogP contribution in [-0.4, -0.2) is 23.5 Å². The predicted octanol–water partition coefficient (Wildman–Crippen LogP) is 3.42. The highest BCUT2D eigenvalue weighted by atomic mass is 32.2. The fourth-order valence-corrected chi connectivity index (χ4v) is 4.82. The molecule has 0 radical (unpaired) electrons. The second kappa shape index (κ2) is 5.66. The number of aryl methyl sites for hydroxylation is 1. The molecule has 0 bridgehead atoms. The molecule has 1 aromatic heterocycles. The summed E-state index contributed by atoms with van der Waals surface area (Å²) < 4.78 is 1.09. The minimum atomic E-state index is -0.0335. The van der Waals surface area contributed by atoms with E-state index in [1.54, 1.807) is 0 Å². The van der Waals surface area contributed by atoms with E-state index < -0.39 is 0 Å². The third-order valence-corrected chi connectivity index (χ3v) is 6.17. The van der Waals surface area contributed by atoms with Crippen LogP contribution in [0.2, 0.25) is 0 Å². The van der Waals surface area contributed by atoms with Crippen LogP contribution >= 0.6 is 23.1 Å². The molecule has 1 aliphatic rings. The first-order chi connectivity index (χ1) is 9.65. The number of nitrogens with one attached hydrogen (secondary N) is 1. The molecule has 0 saturated carbocycles. The van der Waals surface area contributed by atoms with Crippen molar-refractivity contribution >= 4 is 44.8 Å². The molecule has 3 nitrogen and oxygen atoms in total. The Balaban J connectivity index is 1.78. The summed E-state index contributed by atoms with van der Waals surface area (Å²) in [4.78, 5) is 12.9. The van der Waals surface area contributed by atoms with Crippen molar-refractivity contribution < 1.29 is 4.79 Å². The van der Waals surface area contributed by atoms with Crippen LogP contribution in [0.15, 0.2) is 18.2 Å². The molecule has 20 heavy (non-hydrogen) atoms. The summed E-state index contributed by atoms with van der Waals surface area (Å²) in [5.41, 5.74) is 7.92. The first kappa shape index (κ1) is 13.8. The average molecular weight is 306 g/mol. The lowest BCUT2D eigenvalue weighted by Crippen LogP contribution is -2.29. The van der Waals surface area contributed by atoms with Crippen molar-refractivity contribution in [1.82, 2.24) is 5.32 Å². The molecule has 1 aliphatic heterocycles. The van der Waals surface area contributed by atoms with Gasteiger partial charge in [-0.2, -0.15) is 11.8 Å². The molecule has 1 saturated heterocycles. The molecule has 1 unspecified atom stereocenters. The molecule has 2 heterocycles. The molecule has 3 rings (SSSR count). The summed E-state index contributed by atoms with van der Waals surface area (Å²) in [7, 11) is 0. The van der Waals surface area contributed by atoms with Crippen molar-refractivity contribution in [3.63, 3.8) is 0 Å². The third-order valence-electron chi connectivity index (χ3n) is 3.60. The number of amides is 1. The quantitative estimate of drug-likeness (QED) is 0.913. The van der Waals surface area contributed by atoms with Gasteiger partial charge in [-0.3, -0.25) is 4.79 Å². The summed E-state index contributed by atoms with van der Waals surface area (Å²) in [6.45, 7) is 2.79. The van der Waals surface area contributed by atoms with Gasteiger partial charge in [0.15, 0.2) is 0 Å². The predicted molar refractivity (Wildman–Crippen MR) is 88.8 cm³/mol. The van der Waals surface area contributed by atoms with E-state index in [4.69, 9.17) is 5.73 Å². The highest BCUT2D eigenvalue weighted by Crippen LogP contribution is 2.34. The Morgan fingerprint density at radius 2 is 2.35 bits per heavy atom. The zero-order valence-electron chi connectivity index (χ0n) is 11.4. The van der Waals surface area contributed by atoms with Crippen molar-refractivity contribution in [2.24, 2.45) is 0 Å². The highest BCUT2D eigenvalue weighted by molar-refractivity contribution is 8.00. The third kappa shape index (κ3) is 2.65. The molecule has 0 spiro atoms. The monoisotopic (exact) mass is 306 g/mol. The van der Waals surface area contributed by atoms with Crippen molar-refractivity contribution in [1.29, 1.82) is 0 Å². The molecular formula is C15H18N2OS2. The zero-order chi connectivity index (χ0) is 14.1. The summed E-state index contributed by atoms with van der Waals surface area (Å²) in [6.07, 6.45) is 2.46. The number of thiophene rings is 1. The van der Waals surface area contributed by atoms with Crippen LogP contribution in [0, 0.1) is 6.92 Å². The van der Waals surface area contributed by atoms with Gasteiger partial charge in [0.2, 0.25) is 0 Å². The summed E-state index contributed by atoms with van der Waals surface area (Å²) in [5, 5.41) is 4.58. The largest absolute Gasteiger partial charge is 0.397 e. The zero-order valence-corrected chi connectivity index (χ0v) is 13.1. The topological polar surface area (TPSA) is 55.1 Å². The Kier molecular flexibility index (Phi) is 3.89. The fourth-order valence-electron chi connectivity index (χ4n) is 2.48. The van der Waals surface area contributed by atoms with Gasteiger partial charge >= 0.3 is 0 Å².